The predicted octanol–water partition coefficient (Wildman–Crippen LogP) is 1.43. The van der Waals surface area contributed by atoms with Gasteiger partial charge in [0.05, 0.1) is 11.4 Å². The summed E-state index contributed by atoms with van der Waals surface area (Å²) in [6, 6.07) is 7.46. The Hall–Kier alpha value is -3.56. The van der Waals surface area contributed by atoms with Crippen molar-refractivity contribution in [3.05, 3.63) is 54.0 Å². The number of nitrogens with zero attached hydrogens (tertiary/aromatic N) is 8. The maximum absolute atomic E-state index is 5.76. The molecule has 0 bridgehead atoms. The maximum Gasteiger partial charge on any atom is 0.258 e. The fraction of sp³-hybridized carbons (Fsp3) is 0.200. The van der Waals surface area contributed by atoms with E-state index in [1.54, 1.807) is 11.0 Å². The van der Waals surface area contributed by atoms with Crippen LogP contribution < -0.4 is 4.74 Å². The highest BCUT2D eigenvalue weighted by Crippen LogP contribution is 2.19. The van der Waals surface area contributed by atoms with Crippen LogP contribution in [0.25, 0.3) is 11.6 Å². The first-order valence-electron chi connectivity index (χ1n) is 7.51. The highest BCUT2D eigenvalue weighted by Gasteiger charge is 2.17. The standard InChI is InChI=1S/C15H14N8O2/c1-10-11(2)19-25-15(10)23-14(18-20-21-23)7-24-13-5-3-12(4-6-13)22-9-16-8-17-22/h3-6,8-9H,7H2,1-2H3. The summed E-state index contributed by atoms with van der Waals surface area (Å²) in [6.45, 7) is 3.95. The molecule has 0 fully saturated rings. The van der Waals surface area contributed by atoms with Gasteiger partial charge in [-0.3, -0.25) is 0 Å². The molecule has 0 saturated heterocycles. The molecular weight excluding hydrogens is 324 g/mol. The quantitative estimate of drug-likeness (QED) is 0.537. The van der Waals surface area contributed by atoms with E-state index in [-0.39, 0.29) is 6.61 Å². The smallest absolute Gasteiger partial charge is 0.258 e. The van der Waals surface area contributed by atoms with Gasteiger partial charge in [-0.15, -0.1) is 5.10 Å². The van der Waals surface area contributed by atoms with Gasteiger partial charge in [0.25, 0.3) is 5.88 Å². The zero-order chi connectivity index (χ0) is 17.2. The molecule has 25 heavy (non-hydrogen) atoms. The highest BCUT2D eigenvalue weighted by atomic mass is 16.5. The Morgan fingerprint density at radius 1 is 1.16 bits per heavy atom. The fourth-order valence-electron chi connectivity index (χ4n) is 2.24. The van der Waals surface area contributed by atoms with Crippen LogP contribution in [0.4, 0.5) is 0 Å². The number of rotatable bonds is 5. The van der Waals surface area contributed by atoms with Crippen LogP contribution in [0.2, 0.25) is 0 Å². The average molecular weight is 338 g/mol. The lowest BCUT2D eigenvalue weighted by molar-refractivity contribution is 0.287. The molecule has 126 valence electrons. The molecule has 0 aliphatic carbocycles. The van der Waals surface area contributed by atoms with E-state index in [4.69, 9.17) is 9.26 Å². The Bertz CT molecular complexity index is 972. The van der Waals surface area contributed by atoms with E-state index >= 15 is 0 Å². The van der Waals surface area contributed by atoms with Gasteiger partial charge in [-0.25, -0.2) is 9.67 Å². The molecule has 3 heterocycles. The number of benzene rings is 1. The number of aromatic nitrogens is 8. The van der Waals surface area contributed by atoms with E-state index in [1.807, 2.05) is 38.1 Å². The third-order valence-electron chi connectivity index (χ3n) is 3.75. The van der Waals surface area contributed by atoms with E-state index in [0.29, 0.717) is 17.5 Å². The lowest BCUT2D eigenvalue weighted by atomic mass is 10.3. The Balaban J connectivity index is 1.49. The van der Waals surface area contributed by atoms with E-state index in [9.17, 15) is 0 Å². The predicted molar refractivity (Wildman–Crippen MR) is 84.4 cm³/mol. The van der Waals surface area contributed by atoms with Gasteiger partial charge in [-0.1, -0.05) is 5.16 Å². The van der Waals surface area contributed by atoms with Crippen molar-refractivity contribution in [3.63, 3.8) is 0 Å². The van der Waals surface area contributed by atoms with Crippen LogP contribution in [0.5, 0.6) is 5.75 Å². The van der Waals surface area contributed by atoms with Crippen LogP contribution in [-0.4, -0.2) is 40.1 Å². The van der Waals surface area contributed by atoms with Crippen molar-refractivity contribution in [2.24, 2.45) is 0 Å². The van der Waals surface area contributed by atoms with Crippen molar-refractivity contribution < 1.29 is 9.26 Å². The molecule has 0 unspecified atom stereocenters. The number of tetrazole rings is 1. The van der Waals surface area contributed by atoms with Crippen molar-refractivity contribution in [3.8, 4) is 17.3 Å². The molecule has 0 saturated carbocycles. The Labute approximate surface area is 142 Å². The van der Waals surface area contributed by atoms with Crippen LogP contribution in [0.1, 0.15) is 17.1 Å². The van der Waals surface area contributed by atoms with Crippen molar-refractivity contribution >= 4 is 0 Å². The van der Waals surface area contributed by atoms with E-state index in [2.05, 4.69) is 30.8 Å². The van der Waals surface area contributed by atoms with Crippen molar-refractivity contribution in [1.82, 2.24) is 40.1 Å². The molecule has 0 aliphatic heterocycles. The first kappa shape index (κ1) is 15.0. The third-order valence-corrected chi connectivity index (χ3v) is 3.75. The van der Waals surface area contributed by atoms with Crippen LogP contribution in [0, 0.1) is 13.8 Å². The Kier molecular flexibility index (Phi) is 3.69. The SMILES string of the molecule is Cc1noc(-n2nnnc2COc2ccc(-n3cncn3)cc2)c1C. The molecule has 10 nitrogen and oxygen atoms in total. The normalized spacial score (nSPS) is 11.0. The summed E-state index contributed by atoms with van der Waals surface area (Å²) in [5.41, 5.74) is 2.56. The van der Waals surface area contributed by atoms with Crippen molar-refractivity contribution in [2.45, 2.75) is 20.5 Å². The number of aryl methyl sites for hydroxylation is 1. The molecule has 0 radical (unpaired) electrons. The summed E-state index contributed by atoms with van der Waals surface area (Å²) < 4.78 is 14.2. The minimum atomic E-state index is 0.189. The molecule has 0 N–H and O–H groups in total. The van der Waals surface area contributed by atoms with Gasteiger partial charge in [0.1, 0.15) is 25.0 Å². The first-order valence-corrected chi connectivity index (χ1v) is 7.51. The zero-order valence-electron chi connectivity index (χ0n) is 13.6. The summed E-state index contributed by atoms with van der Waals surface area (Å²) in [4.78, 5) is 3.92. The summed E-state index contributed by atoms with van der Waals surface area (Å²) in [6.07, 6.45) is 3.11. The monoisotopic (exact) mass is 338 g/mol. The minimum Gasteiger partial charge on any atom is -0.486 e. The maximum atomic E-state index is 5.76. The van der Waals surface area contributed by atoms with E-state index in [0.717, 1.165) is 16.9 Å². The van der Waals surface area contributed by atoms with Gasteiger partial charge < -0.3 is 9.26 Å². The van der Waals surface area contributed by atoms with Gasteiger partial charge in [0.15, 0.2) is 5.82 Å². The van der Waals surface area contributed by atoms with Crippen LogP contribution in [0.3, 0.4) is 0 Å². The minimum absolute atomic E-state index is 0.189. The van der Waals surface area contributed by atoms with Crippen molar-refractivity contribution in [2.75, 3.05) is 0 Å². The lowest BCUT2D eigenvalue weighted by Gasteiger charge is -2.07. The molecule has 4 rings (SSSR count). The topological polar surface area (TPSA) is 110 Å². The second-order valence-corrected chi connectivity index (χ2v) is 5.33. The number of ether oxygens (including phenoxy) is 1. The van der Waals surface area contributed by atoms with E-state index < -0.39 is 0 Å². The summed E-state index contributed by atoms with van der Waals surface area (Å²) in [7, 11) is 0. The number of hydrogen-bond acceptors (Lipinski definition) is 8. The largest absolute Gasteiger partial charge is 0.486 e. The number of hydrogen-bond donors (Lipinski definition) is 0. The molecule has 0 aliphatic rings. The fourth-order valence-corrected chi connectivity index (χ4v) is 2.24. The highest BCUT2D eigenvalue weighted by molar-refractivity contribution is 5.36. The van der Waals surface area contributed by atoms with Gasteiger partial charge in [0, 0.05) is 5.56 Å². The van der Waals surface area contributed by atoms with Crippen molar-refractivity contribution in [1.29, 1.82) is 0 Å². The summed E-state index contributed by atoms with van der Waals surface area (Å²) >= 11 is 0. The van der Waals surface area contributed by atoms with Gasteiger partial charge in [-0.05, 0) is 48.5 Å². The van der Waals surface area contributed by atoms with Gasteiger partial charge >= 0.3 is 0 Å². The molecular formula is C15H14N8O2. The second kappa shape index (κ2) is 6.15. The van der Waals surface area contributed by atoms with Crippen LogP contribution >= 0.6 is 0 Å². The molecule has 4 aromatic rings. The van der Waals surface area contributed by atoms with Gasteiger partial charge in [0.2, 0.25) is 0 Å². The molecule has 0 atom stereocenters. The Morgan fingerprint density at radius 2 is 2.00 bits per heavy atom. The average Bonchev–Trinajstić information content (AvgIpc) is 3.37. The first-order chi connectivity index (χ1) is 12.2. The summed E-state index contributed by atoms with van der Waals surface area (Å²) in [5, 5.41) is 19.6. The zero-order valence-corrected chi connectivity index (χ0v) is 13.6. The van der Waals surface area contributed by atoms with Crippen LogP contribution in [-0.2, 0) is 6.61 Å². The molecule has 1 aromatic carbocycles. The summed E-state index contributed by atoms with van der Waals surface area (Å²) in [5.74, 6) is 1.69. The molecule has 10 heteroatoms. The molecule has 0 amide bonds. The van der Waals surface area contributed by atoms with E-state index in [1.165, 1.54) is 11.0 Å². The second-order valence-electron chi connectivity index (χ2n) is 5.33. The molecule has 0 spiro atoms. The lowest BCUT2D eigenvalue weighted by Crippen LogP contribution is -2.07. The van der Waals surface area contributed by atoms with Gasteiger partial charge in [-0.2, -0.15) is 9.78 Å². The Morgan fingerprint density at radius 3 is 2.68 bits per heavy atom. The third kappa shape index (κ3) is 2.84. The molecule has 3 aromatic heterocycles. The van der Waals surface area contributed by atoms with Crippen LogP contribution in [0.15, 0.2) is 41.4 Å².